The van der Waals surface area contributed by atoms with Crippen LogP contribution < -0.4 is 9.64 Å². The Kier molecular flexibility index (Phi) is 7.25. The van der Waals surface area contributed by atoms with E-state index in [1.807, 2.05) is 29.6 Å². The molecule has 0 saturated heterocycles. The first-order valence-corrected chi connectivity index (χ1v) is 12.4. The highest BCUT2D eigenvalue weighted by Gasteiger charge is 2.18. The van der Waals surface area contributed by atoms with E-state index in [1.165, 1.54) is 17.6 Å². The molecular formula is C23H24N2O4S2. The van der Waals surface area contributed by atoms with Crippen molar-refractivity contribution in [3.63, 3.8) is 0 Å². The van der Waals surface area contributed by atoms with Crippen LogP contribution >= 0.6 is 11.3 Å². The maximum absolute atomic E-state index is 12.9. The molecular weight excluding hydrogens is 432 g/mol. The van der Waals surface area contributed by atoms with E-state index < -0.39 is 9.84 Å². The lowest BCUT2D eigenvalue weighted by atomic mass is 10.1. The summed E-state index contributed by atoms with van der Waals surface area (Å²) in [7, 11) is -1.63. The Morgan fingerprint density at radius 1 is 1.16 bits per heavy atom. The molecule has 0 saturated carbocycles. The summed E-state index contributed by atoms with van der Waals surface area (Å²) >= 11 is 1.37. The summed E-state index contributed by atoms with van der Waals surface area (Å²) in [4.78, 5) is 19.4. The first-order chi connectivity index (χ1) is 14.8. The zero-order chi connectivity index (χ0) is 22.4. The number of amides is 1. The third kappa shape index (κ3) is 5.80. The van der Waals surface area contributed by atoms with Gasteiger partial charge < -0.3 is 4.74 Å². The maximum Gasteiger partial charge on any atom is 0.229 e. The number of benzene rings is 2. The van der Waals surface area contributed by atoms with Crippen molar-refractivity contribution in [2.75, 3.05) is 24.8 Å². The van der Waals surface area contributed by atoms with Crippen molar-refractivity contribution < 1.29 is 17.9 Å². The molecule has 0 N–H and O–H groups in total. The highest BCUT2D eigenvalue weighted by Crippen LogP contribution is 2.29. The molecule has 0 radical (unpaired) electrons. The van der Waals surface area contributed by atoms with Gasteiger partial charge in [0.05, 0.1) is 17.7 Å². The number of thiazole rings is 1. The molecule has 31 heavy (non-hydrogen) atoms. The lowest BCUT2D eigenvalue weighted by molar-refractivity contribution is -0.118. The zero-order valence-electron chi connectivity index (χ0n) is 17.4. The molecule has 162 valence electrons. The molecule has 8 heteroatoms. The quantitative estimate of drug-likeness (QED) is 0.447. The van der Waals surface area contributed by atoms with E-state index >= 15 is 0 Å². The molecule has 0 aliphatic rings. The highest BCUT2D eigenvalue weighted by molar-refractivity contribution is 7.90. The van der Waals surface area contributed by atoms with Crippen LogP contribution in [0, 0.1) is 0 Å². The van der Waals surface area contributed by atoms with E-state index in [0.717, 1.165) is 16.9 Å². The molecule has 0 unspecified atom stereocenters. The molecule has 3 rings (SSSR count). The fourth-order valence-electron chi connectivity index (χ4n) is 2.99. The van der Waals surface area contributed by atoms with Crippen LogP contribution in [0.2, 0.25) is 0 Å². The van der Waals surface area contributed by atoms with E-state index in [9.17, 15) is 13.2 Å². The number of aromatic nitrogens is 1. The van der Waals surface area contributed by atoms with Crippen molar-refractivity contribution in [1.82, 2.24) is 4.98 Å². The van der Waals surface area contributed by atoms with Crippen LogP contribution in [0.4, 0.5) is 5.13 Å². The molecule has 0 bridgehead atoms. The smallest absolute Gasteiger partial charge is 0.229 e. The second-order valence-corrected chi connectivity index (χ2v) is 9.81. The summed E-state index contributed by atoms with van der Waals surface area (Å²) in [6.07, 6.45) is 3.81. The van der Waals surface area contributed by atoms with Gasteiger partial charge in [0.2, 0.25) is 5.91 Å². The normalized spacial score (nSPS) is 11.2. The van der Waals surface area contributed by atoms with Crippen LogP contribution in [0.3, 0.4) is 0 Å². The molecule has 6 nitrogen and oxygen atoms in total. The standard InChI is InChI=1S/C23H24N2O4S2/c1-4-15-25(22(26)14-7-17-5-10-19(29-2)11-6-17)23-24-21(16-30-23)18-8-12-20(13-9-18)31(3,27)28/h4-6,8-13,16H,1,7,14-15H2,2-3H3. The Bertz CT molecular complexity index is 1150. The van der Waals surface area contributed by atoms with E-state index in [2.05, 4.69) is 11.6 Å². The Balaban J connectivity index is 1.73. The van der Waals surface area contributed by atoms with Gasteiger partial charge in [0.1, 0.15) is 5.75 Å². The van der Waals surface area contributed by atoms with Crippen molar-refractivity contribution >= 4 is 32.2 Å². The summed E-state index contributed by atoms with van der Waals surface area (Å²) in [6.45, 7) is 4.12. The number of methoxy groups -OCH3 is 1. The molecule has 0 fully saturated rings. The van der Waals surface area contributed by atoms with E-state index in [-0.39, 0.29) is 10.8 Å². The van der Waals surface area contributed by atoms with Gasteiger partial charge >= 0.3 is 0 Å². The fourth-order valence-corrected chi connectivity index (χ4v) is 4.48. The van der Waals surface area contributed by atoms with Gasteiger partial charge in [-0.25, -0.2) is 13.4 Å². The molecule has 0 atom stereocenters. The van der Waals surface area contributed by atoms with Crippen molar-refractivity contribution in [3.05, 3.63) is 72.1 Å². The number of anilines is 1. The molecule has 0 aliphatic carbocycles. The Morgan fingerprint density at radius 3 is 2.42 bits per heavy atom. The summed E-state index contributed by atoms with van der Waals surface area (Å²) in [5.74, 6) is 0.743. The van der Waals surface area contributed by atoms with Crippen molar-refractivity contribution in [1.29, 1.82) is 0 Å². The average molecular weight is 457 g/mol. The van der Waals surface area contributed by atoms with Crippen LogP contribution in [0.5, 0.6) is 5.75 Å². The van der Waals surface area contributed by atoms with Crippen LogP contribution in [0.1, 0.15) is 12.0 Å². The van der Waals surface area contributed by atoms with E-state index in [1.54, 1.807) is 42.4 Å². The average Bonchev–Trinajstić information content (AvgIpc) is 3.25. The predicted octanol–water partition coefficient (Wildman–Crippen LogP) is 4.37. The molecule has 2 aromatic carbocycles. The van der Waals surface area contributed by atoms with Crippen LogP contribution in [0.15, 0.2) is 71.5 Å². The molecule has 1 aromatic heterocycles. The summed E-state index contributed by atoms with van der Waals surface area (Å²) in [5.41, 5.74) is 2.54. The first kappa shape index (κ1) is 22.7. The highest BCUT2D eigenvalue weighted by atomic mass is 32.2. The number of rotatable bonds is 9. The number of hydrogen-bond donors (Lipinski definition) is 0. The van der Waals surface area contributed by atoms with Crippen molar-refractivity contribution in [2.24, 2.45) is 0 Å². The van der Waals surface area contributed by atoms with Crippen molar-refractivity contribution in [2.45, 2.75) is 17.7 Å². The van der Waals surface area contributed by atoms with Gasteiger partial charge in [0.15, 0.2) is 15.0 Å². The Labute approximate surface area is 186 Å². The number of carbonyl (C=O) groups excluding carboxylic acids is 1. The van der Waals surface area contributed by atoms with Crippen molar-refractivity contribution in [3.8, 4) is 17.0 Å². The zero-order valence-corrected chi connectivity index (χ0v) is 19.1. The predicted molar refractivity (Wildman–Crippen MR) is 125 cm³/mol. The molecule has 0 aliphatic heterocycles. The number of sulfone groups is 1. The lowest BCUT2D eigenvalue weighted by Crippen LogP contribution is -2.31. The van der Waals surface area contributed by atoms with Crippen LogP contribution in [-0.2, 0) is 21.1 Å². The van der Waals surface area contributed by atoms with Gasteiger partial charge in [-0.05, 0) is 36.2 Å². The van der Waals surface area contributed by atoms with Gasteiger partial charge in [-0.1, -0.05) is 30.3 Å². The van der Waals surface area contributed by atoms with E-state index in [0.29, 0.717) is 30.2 Å². The fraction of sp³-hybridized carbons (Fsp3) is 0.217. The Hall–Kier alpha value is -2.97. The van der Waals surface area contributed by atoms with E-state index in [4.69, 9.17) is 4.74 Å². The summed E-state index contributed by atoms with van der Waals surface area (Å²) in [5, 5.41) is 2.44. The molecule has 3 aromatic rings. The molecule has 1 heterocycles. The minimum absolute atomic E-state index is 0.0379. The largest absolute Gasteiger partial charge is 0.497 e. The SMILES string of the molecule is C=CCN(C(=O)CCc1ccc(OC)cc1)c1nc(-c2ccc(S(C)(=O)=O)cc2)cs1. The van der Waals surface area contributed by atoms with Crippen LogP contribution in [0.25, 0.3) is 11.3 Å². The number of carbonyl (C=O) groups is 1. The minimum Gasteiger partial charge on any atom is -0.497 e. The number of hydrogen-bond acceptors (Lipinski definition) is 6. The molecule has 1 amide bonds. The van der Waals surface area contributed by atoms with Gasteiger partial charge in [-0.3, -0.25) is 9.69 Å². The number of ether oxygens (including phenoxy) is 1. The lowest BCUT2D eigenvalue weighted by Gasteiger charge is -2.18. The number of nitrogens with zero attached hydrogens (tertiary/aromatic N) is 2. The second-order valence-electron chi connectivity index (χ2n) is 6.95. The molecule has 0 spiro atoms. The summed E-state index contributed by atoms with van der Waals surface area (Å²) < 4.78 is 28.4. The third-order valence-corrected chi connectivity index (χ3v) is 6.69. The number of aryl methyl sites for hydroxylation is 1. The van der Waals surface area contributed by atoms with Gasteiger partial charge in [-0.2, -0.15) is 0 Å². The first-order valence-electron chi connectivity index (χ1n) is 9.62. The Morgan fingerprint density at radius 2 is 1.84 bits per heavy atom. The van der Waals surface area contributed by atoms with Crippen LogP contribution in [-0.4, -0.2) is 39.2 Å². The van der Waals surface area contributed by atoms with Gasteiger partial charge in [0.25, 0.3) is 0 Å². The maximum atomic E-state index is 12.9. The monoisotopic (exact) mass is 456 g/mol. The topological polar surface area (TPSA) is 76.6 Å². The third-order valence-electron chi connectivity index (χ3n) is 4.70. The van der Waals surface area contributed by atoms with Gasteiger partial charge in [-0.15, -0.1) is 17.9 Å². The minimum atomic E-state index is -3.25. The summed E-state index contributed by atoms with van der Waals surface area (Å²) in [6, 6.07) is 14.2. The van der Waals surface area contributed by atoms with Gasteiger partial charge in [0, 0.05) is 30.2 Å². The second kappa shape index (κ2) is 9.89.